The predicted molar refractivity (Wildman–Crippen MR) is 116 cm³/mol. The minimum Gasteiger partial charge on any atom is -0.477 e. The lowest BCUT2D eigenvalue weighted by Gasteiger charge is -2.29. The van der Waals surface area contributed by atoms with E-state index in [9.17, 15) is 19.8 Å². The van der Waals surface area contributed by atoms with Crippen LogP contribution in [0.2, 0.25) is 0 Å². The molecule has 0 saturated heterocycles. The summed E-state index contributed by atoms with van der Waals surface area (Å²) in [6.07, 6.45) is 20.9. The number of hydrogen-bond donors (Lipinski definition) is 2. The highest BCUT2D eigenvalue weighted by atomic mass is 16.4. The Bertz CT molecular complexity index is 446. The fraction of sp³-hybridized carbons (Fsp3) is 0.826. The van der Waals surface area contributed by atoms with Gasteiger partial charge in [0, 0.05) is 6.42 Å². The molecule has 1 atom stereocenters. The van der Waals surface area contributed by atoms with Gasteiger partial charge in [-0.1, -0.05) is 76.9 Å². The Morgan fingerprint density at radius 1 is 0.750 bits per heavy atom. The molecule has 0 heterocycles. The summed E-state index contributed by atoms with van der Waals surface area (Å²) in [6, 6.07) is -0.880. The first-order chi connectivity index (χ1) is 13.3. The minimum atomic E-state index is -1.10. The van der Waals surface area contributed by atoms with Gasteiger partial charge in [0.2, 0.25) is 0 Å². The fourth-order valence-electron chi connectivity index (χ4n) is 3.44. The van der Waals surface area contributed by atoms with Crippen molar-refractivity contribution in [1.29, 1.82) is 0 Å². The number of likely N-dealkylation sites (N-methyl/N-ethyl adjacent to an activating group) is 1. The second-order valence-electron chi connectivity index (χ2n) is 8.40. The molecule has 0 radical (unpaired) electrons. The average molecular weight is 399 g/mol. The zero-order chi connectivity index (χ0) is 21.3. The molecule has 0 spiro atoms. The SMILES string of the molecule is CCCCCCCC/C=C\CCCCCCCCC(C(=O)O)[N+](C)(C)C(=O)O. The molecule has 0 saturated carbocycles. The Morgan fingerprint density at radius 2 is 1.18 bits per heavy atom. The van der Waals surface area contributed by atoms with Crippen molar-refractivity contribution in [1.82, 2.24) is 0 Å². The third-order valence-electron chi connectivity index (χ3n) is 5.55. The monoisotopic (exact) mass is 398 g/mol. The molecular weight excluding hydrogens is 354 g/mol. The van der Waals surface area contributed by atoms with Crippen molar-refractivity contribution < 1.29 is 24.3 Å². The van der Waals surface area contributed by atoms with Gasteiger partial charge in [-0.3, -0.25) is 0 Å². The van der Waals surface area contributed by atoms with E-state index in [2.05, 4.69) is 19.1 Å². The summed E-state index contributed by atoms with van der Waals surface area (Å²) in [5.74, 6) is -1.03. The fourth-order valence-corrected chi connectivity index (χ4v) is 3.44. The van der Waals surface area contributed by atoms with Crippen molar-refractivity contribution in [2.75, 3.05) is 14.1 Å². The average Bonchev–Trinajstić information content (AvgIpc) is 2.63. The molecule has 2 N–H and O–H groups in total. The largest absolute Gasteiger partial charge is 0.513 e. The van der Waals surface area contributed by atoms with Gasteiger partial charge in [0.15, 0.2) is 6.04 Å². The van der Waals surface area contributed by atoms with Crippen molar-refractivity contribution in [3.05, 3.63) is 12.2 Å². The second kappa shape index (κ2) is 16.6. The summed E-state index contributed by atoms with van der Waals surface area (Å²) >= 11 is 0. The van der Waals surface area contributed by atoms with Gasteiger partial charge in [-0.05, 0) is 32.1 Å². The predicted octanol–water partition coefficient (Wildman–Crippen LogP) is 6.62. The van der Waals surface area contributed by atoms with Crippen molar-refractivity contribution in [3.8, 4) is 0 Å². The molecule has 0 aromatic heterocycles. The Kier molecular flexibility index (Phi) is 15.8. The number of carboxylic acid groups (broad SMARTS) is 2. The van der Waals surface area contributed by atoms with E-state index in [1.54, 1.807) is 0 Å². The van der Waals surface area contributed by atoms with E-state index in [-0.39, 0.29) is 0 Å². The zero-order valence-corrected chi connectivity index (χ0v) is 18.5. The summed E-state index contributed by atoms with van der Waals surface area (Å²) in [6.45, 7) is 2.25. The number of allylic oxidation sites excluding steroid dienone is 2. The number of hydrogen-bond acceptors (Lipinski definition) is 2. The van der Waals surface area contributed by atoms with Crippen molar-refractivity contribution >= 4 is 12.1 Å². The first-order valence-corrected chi connectivity index (χ1v) is 11.3. The molecule has 5 heteroatoms. The van der Waals surface area contributed by atoms with Crippen LogP contribution in [0.3, 0.4) is 0 Å². The summed E-state index contributed by atoms with van der Waals surface area (Å²) < 4.78 is -0.513. The molecular formula is C23H44NO4+. The highest BCUT2D eigenvalue weighted by Gasteiger charge is 2.40. The van der Waals surface area contributed by atoms with Gasteiger partial charge >= 0.3 is 12.1 Å². The molecule has 0 aromatic carbocycles. The van der Waals surface area contributed by atoms with Crippen LogP contribution in [0, 0.1) is 0 Å². The lowest BCUT2D eigenvalue weighted by molar-refractivity contribution is -0.834. The minimum absolute atomic E-state index is 0.413. The van der Waals surface area contributed by atoms with Crippen LogP contribution < -0.4 is 0 Å². The van der Waals surface area contributed by atoms with Crippen LogP contribution in [0.4, 0.5) is 4.79 Å². The highest BCUT2D eigenvalue weighted by Crippen LogP contribution is 2.17. The normalized spacial score (nSPS) is 13.1. The van der Waals surface area contributed by atoms with E-state index in [0.29, 0.717) is 6.42 Å². The van der Waals surface area contributed by atoms with Gasteiger partial charge in [-0.2, -0.15) is 4.79 Å². The summed E-state index contributed by atoms with van der Waals surface area (Å²) in [5, 5.41) is 18.5. The molecule has 0 aliphatic heterocycles. The van der Waals surface area contributed by atoms with Crippen LogP contribution in [0.25, 0.3) is 0 Å². The van der Waals surface area contributed by atoms with Crippen LogP contribution in [0.1, 0.15) is 103 Å². The van der Waals surface area contributed by atoms with Gasteiger partial charge in [0.05, 0.1) is 14.1 Å². The van der Waals surface area contributed by atoms with Crippen LogP contribution in [0.5, 0.6) is 0 Å². The molecule has 164 valence electrons. The molecule has 0 aromatic rings. The van der Waals surface area contributed by atoms with Crippen LogP contribution in [-0.2, 0) is 4.79 Å². The van der Waals surface area contributed by atoms with Crippen LogP contribution in [0.15, 0.2) is 12.2 Å². The lowest BCUT2D eigenvalue weighted by Crippen LogP contribution is -2.56. The van der Waals surface area contributed by atoms with Gasteiger partial charge in [-0.15, -0.1) is 0 Å². The molecule has 28 heavy (non-hydrogen) atoms. The van der Waals surface area contributed by atoms with Crippen LogP contribution in [-0.4, -0.2) is 46.9 Å². The van der Waals surface area contributed by atoms with Gasteiger partial charge in [0.1, 0.15) is 0 Å². The first kappa shape index (κ1) is 26.6. The maximum absolute atomic E-state index is 11.4. The molecule has 0 rings (SSSR count). The second-order valence-corrected chi connectivity index (χ2v) is 8.40. The van der Waals surface area contributed by atoms with E-state index >= 15 is 0 Å². The summed E-state index contributed by atoms with van der Waals surface area (Å²) in [5.41, 5.74) is 0. The number of carboxylic acids is 1. The summed E-state index contributed by atoms with van der Waals surface area (Å²) in [4.78, 5) is 22.6. The van der Waals surface area contributed by atoms with Crippen molar-refractivity contribution in [2.24, 2.45) is 0 Å². The van der Waals surface area contributed by atoms with Gasteiger partial charge in [0.25, 0.3) is 0 Å². The number of quaternary nitrogens is 1. The number of nitrogens with zero attached hydrogens (tertiary/aromatic N) is 1. The molecule has 5 nitrogen and oxygen atoms in total. The first-order valence-electron chi connectivity index (χ1n) is 11.3. The van der Waals surface area contributed by atoms with E-state index in [0.717, 1.165) is 25.7 Å². The Morgan fingerprint density at radius 3 is 1.61 bits per heavy atom. The molecule has 0 fully saturated rings. The van der Waals surface area contributed by atoms with Gasteiger partial charge in [-0.25, -0.2) is 9.28 Å². The topological polar surface area (TPSA) is 74.6 Å². The van der Waals surface area contributed by atoms with Gasteiger partial charge < -0.3 is 10.2 Å². The highest BCUT2D eigenvalue weighted by molar-refractivity contribution is 5.74. The zero-order valence-electron chi connectivity index (χ0n) is 18.5. The number of unbranched alkanes of at least 4 members (excludes halogenated alkanes) is 12. The summed E-state index contributed by atoms with van der Waals surface area (Å²) in [7, 11) is 2.89. The third kappa shape index (κ3) is 12.9. The molecule has 0 aliphatic rings. The smallest absolute Gasteiger partial charge is 0.477 e. The quantitative estimate of drug-likeness (QED) is 0.154. The number of amides is 1. The lowest BCUT2D eigenvalue weighted by atomic mass is 10.0. The molecule has 0 aliphatic carbocycles. The number of aliphatic carboxylic acids is 1. The Labute approximate surface area is 172 Å². The van der Waals surface area contributed by atoms with E-state index in [4.69, 9.17) is 0 Å². The molecule has 1 unspecified atom stereocenters. The van der Waals surface area contributed by atoms with E-state index in [1.165, 1.54) is 78.3 Å². The van der Waals surface area contributed by atoms with E-state index in [1.807, 2.05) is 0 Å². The van der Waals surface area contributed by atoms with Crippen molar-refractivity contribution in [3.63, 3.8) is 0 Å². The van der Waals surface area contributed by atoms with E-state index < -0.39 is 22.6 Å². The van der Waals surface area contributed by atoms with Crippen molar-refractivity contribution in [2.45, 2.75) is 109 Å². The Balaban J connectivity index is 3.60. The molecule has 1 amide bonds. The number of rotatable bonds is 18. The number of carbonyl (C=O) groups is 2. The third-order valence-corrected chi connectivity index (χ3v) is 5.55. The molecule has 0 bridgehead atoms. The maximum Gasteiger partial charge on any atom is 0.513 e. The van der Waals surface area contributed by atoms with Crippen LogP contribution >= 0.6 is 0 Å². The standard InChI is InChI=1S/C23H43NO4/c1-4-5-6-7-8-9-10-11-12-13-14-15-16-17-18-19-20-21(22(25)26)24(2,3)23(27)28/h11-12,21H,4-10,13-20H2,1-3H3,(H-,25,26,27,28)/p+1/b12-11-. The Hall–Kier alpha value is -1.36. The maximum atomic E-state index is 11.4.